The molecule has 1 aromatic carbocycles. The fourth-order valence-corrected chi connectivity index (χ4v) is 1.90. The van der Waals surface area contributed by atoms with Crippen LogP contribution in [0.25, 0.3) is 0 Å². The fraction of sp³-hybridized carbons (Fsp3) is 0.333. The molecule has 0 aliphatic carbocycles. The zero-order valence-electron chi connectivity index (χ0n) is 9.33. The molecule has 2 atom stereocenters. The van der Waals surface area contributed by atoms with Crippen molar-refractivity contribution in [1.29, 1.82) is 5.26 Å². The molecule has 17 heavy (non-hydrogen) atoms. The van der Waals surface area contributed by atoms with Gasteiger partial charge < -0.3 is 10.2 Å². The molecule has 0 saturated heterocycles. The van der Waals surface area contributed by atoms with Crippen molar-refractivity contribution in [2.24, 2.45) is 0 Å². The number of carbonyl (C=O) groups is 1. The summed E-state index contributed by atoms with van der Waals surface area (Å²) in [5, 5.41) is 28.1. The second kappa shape index (κ2) is 6.40. The average molecular weight is 251 g/mol. The molecule has 4 nitrogen and oxygen atoms in total. The Labute approximate surface area is 104 Å². The van der Waals surface area contributed by atoms with Crippen LogP contribution < -0.4 is 0 Å². The Morgan fingerprint density at radius 1 is 1.53 bits per heavy atom. The first-order valence-electron chi connectivity index (χ1n) is 5.04. The molecule has 0 radical (unpaired) electrons. The van der Waals surface area contributed by atoms with Crippen molar-refractivity contribution in [3.63, 3.8) is 0 Å². The van der Waals surface area contributed by atoms with Gasteiger partial charge in [-0.2, -0.15) is 5.26 Å². The van der Waals surface area contributed by atoms with E-state index in [9.17, 15) is 15.0 Å². The molecular weight excluding hydrogens is 238 g/mol. The number of nitrogens with zero attached hydrogens (tertiary/aromatic N) is 1. The van der Waals surface area contributed by atoms with Gasteiger partial charge in [0.1, 0.15) is 6.10 Å². The van der Waals surface area contributed by atoms with Crippen molar-refractivity contribution in [2.45, 2.75) is 19.1 Å². The van der Waals surface area contributed by atoms with Crippen molar-refractivity contribution >= 4 is 16.9 Å². The monoisotopic (exact) mass is 251 g/mol. The molecule has 0 aromatic heterocycles. The maximum absolute atomic E-state index is 10.7. The SMILES string of the molecule is CC(=O)SCC(O)C(O)c1cccc(C#N)c1. The first-order chi connectivity index (χ1) is 8.04. The third-order valence-electron chi connectivity index (χ3n) is 2.18. The standard InChI is InChI=1S/C12H13NO3S/c1-8(14)17-7-11(15)12(16)10-4-2-3-9(5-10)6-13/h2-5,11-12,15-16H,7H2,1H3. The third kappa shape index (κ3) is 4.19. The van der Waals surface area contributed by atoms with Crippen molar-refractivity contribution in [2.75, 3.05) is 5.75 Å². The van der Waals surface area contributed by atoms with Gasteiger partial charge in [0, 0.05) is 12.7 Å². The predicted molar refractivity (Wildman–Crippen MR) is 65.3 cm³/mol. The molecule has 2 unspecified atom stereocenters. The van der Waals surface area contributed by atoms with Crippen LogP contribution >= 0.6 is 11.8 Å². The second-order valence-electron chi connectivity index (χ2n) is 3.55. The second-order valence-corrected chi connectivity index (χ2v) is 4.75. The lowest BCUT2D eigenvalue weighted by Gasteiger charge is -2.17. The number of hydrogen-bond donors (Lipinski definition) is 2. The minimum Gasteiger partial charge on any atom is -0.389 e. The zero-order valence-corrected chi connectivity index (χ0v) is 10.1. The minimum absolute atomic E-state index is 0.109. The summed E-state index contributed by atoms with van der Waals surface area (Å²) in [4.78, 5) is 10.7. The normalized spacial score (nSPS) is 13.8. The summed E-state index contributed by atoms with van der Waals surface area (Å²) in [7, 11) is 0. The Hall–Kier alpha value is -1.35. The van der Waals surface area contributed by atoms with E-state index in [2.05, 4.69) is 0 Å². The highest BCUT2D eigenvalue weighted by Crippen LogP contribution is 2.20. The van der Waals surface area contributed by atoms with Gasteiger partial charge in [-0.05, 0) is 17.7 Å². The van der Waals surface area contributed by atoms with Gasteiger partial charge in [0.25, 0.3) is 0 Å². The number of benzene rings is 1. The Kier molecular flexibility index (Phi) is 5.16. The molecule has 0 bridgehead atoms. The molecule has 1 rings (SSSR count). The van der Waals surface area contributed by atoms with Crippen molar-refractivity contribution < 1.29 is 15.0 Å². The van der Waals surface area contributed by atoms with Crippen molar-refractivity contribution in [3.05, 3.63) is 35.4 Å². The van der Waals surface area contributed by atoms with Crippen LogP contribution in [0.2, 0.25) is 0 Å². The molecule has 0 amide bonds. The molecule has 0 heterocycles. The number of hydrogen-bond acceptors (Lipinski definition) is 5. The van der Waals surface area contributed by atoms with E-state index in [-0.39, 0.29) is 10.9 Å². The van der Waals surface area contributed by atoms with Gasteiger partial charge in [-0.3, -0.25) is 4.79 Å². The summed E-state index contributed by atoms with van der Waals surface area (Å²) in [6.45, 7) is 1.40. The van der Waals surface area contributed by atoms with E-state index < -0.39 is 12.2 Å². The van der Waals surface area contributed by atoms with Crippen LogP contribution in [-0.4, -0.2) is 27.2 Å². The number of nitriles is 1. The number of carbonyl (C=O) groups excluding carboxylic acids is 1. The Morgan fingerprint density at radius 2 is 2.24 bits per heavy atom. The van der Waals surface area contributed by atoms with Crippen LogP contribution in [0.15, 0.2) is 24.3 Å². The molecule has 2 N–H and O–H groups in total. The van der Waals surface area contributed by atoms with E-state index in [0.29, 0.717) is 11.1 Å². The van der Waals surface area contributed by atoms with Crippen LogP contribution in [-0.2, 0) is 4.79 Å². The van der Waals surface area contributed by atoms with E-state index >= 15 is 0 Å². The topological polar surface area (TPSA) is 81.3 Å². The lowest BCUT2D eigenvalue weighted by Crippen LogP contribution is -2.21. The smallest absolute Gasteiger partial charge is 0.185 e. The van der Waals surface area contributed by atoms with Gasteiger partial charge in [0.15, 0.2) is 5.12 Å². The highest BCUT2D eigenvalue weighted by Gasteiger charge is 2.19. The van der Waals surface area contributed by atoms with Crippen molar-refractivity contribution in [1.82, 2.24) is 0 Å². The molecule has 1 aromatic rings. The van der Waals surface area contributed by atoms with Gasteiger partial charge in [-0.25, -0.2) is 0 Å². The fourth-order valence-electron chi connectivity index (χ4n) is 1.31. The summed E-state index contributed by atoms with van der Waals surface area (Å²) < 4.78 is 0. The highest BCUT2D eigenvalue weighted by molar-refractivity contribution is 8.13. The van der Waals surface area contributed by atoms with Crippen LogP contribution in [0.1, 0.15) is 24.2 Å². The van der Waals surface area contributed by atoms with E-state index in [1.807, 2.05) is 6.07 Å². The summed E-state index contributed by atoms with van der Waals surface area (Å²) in [5.74, 6) is 0.132. The summed E-state index contributed by atoms with van der Waals surface area (Å²) in [5.41, 5.74) is 0.897. The average Bonchev–Trinajstić information content (AvgIpc) is 2.35. The molecule has 0 aliphatic rings. The number of thioether (sulfide) groups is 1. The quantitative estimate of drug-likeness (QED) is 0.841. The first-order valence-corrected chi connectivity index (χ1v) is 6.02. The number of aliphatic hydroxyl groups is 2. The molecule has 0 spiro atoms. The van der Waals surface area contributed by atoms with Crippen LogP contribution in [0.3, 0.4) is 0 Å². The van der Waals surface area contributed by atoms with Crippen LogP contribution in [0.4, 0.5) is 0 Å². The van der Waals surface area contributed by atoms with Gasteiger partial charge in [0.05, 0.1) is 17.7 Å². The van der Waals surface area contributed by atoms with Crippen molar-refractivity contribution in [3.8, 4) is 6.07 Å². The maximum Gasteiger partial charge on any atom is 0.185 e. The van der Waals surface area contributed by atoms with E-state index in [1.54, 1.807) is 18.2 Å². The first kappa shape index (κ1) is 13.7. The molecular formula is C12H13NO3S. The number of rotatable bonds is 4. The molecule has 0 fully saturated rings. The molecule has 5 heteroatoms. The van der Waals surface area contributed by atoms with Crippen LogP contribution in [0.5, 0.6) is 0 Å². The van der Waals surface area contributed by atoms with Crippen LogP contribution in [0, 0.1) is 11.3 Å². The lowest BCUT2D eigenvalue weighted by atomic mass is 10.0. The van der Waals surface area contributed by atoms with Gasteiger partial charge in [-0.1, -0.05) is 23.9 Å². The molecule has 0 aliphatic heterocycles. The predicted octanol–water partition coefficient (Wildman–Crippen LogP) is 1.23. The minimum atomic E-state index is -1.09. The van der Waals surface area contributed by atoms with Gasteiger partial charge in [0.2, 0.25) is 0 Å². The Bertz CT molecular complexity index is 442. The summed E-state index contributed by atoms with van der Waals surface area (Å²) in [6.07, 6.45) is -2.12. The Balaban J connectivity index is 2.71. The summed E-state index contributed by atoms with van der Waals surface area (Å²) >= 11 is 0.958. The lowest BCUT2D eigenvalue weighted by molar-refractivity contribution is -0.109. The zero-order chi connectivity index (χ0) is 12.8. The van der Waals surface area contributed by atoms with E-state index in [4.69, 9.17) is 5.26 Å². The third-order valence-corrected chi connectivity index (χ3v) is 3.09. The Morgan fingerprint density at radius 3 is 2.82 bits per heavy atom. The largest absolute Gasteiger partial charge is 0.389 e. The van der Waals surface area contributed by atoms with E-state index in [0.717, 1.165) is 11.8 Å². The molecule has 0 saturated carbocycles. The van der Waals surface area contributed by atoms with Gasteiger partial charge in [-0.15, -0.1) is 0 Å². The maximum atomic E-state index is 10.7. The molecule has 90 valence electrons. The van der Waals surface area contributed by atoms with E-state index in [1.165, 1.54) is 13.0 Å². The summed E-state index contributed by atoms with van der Waals surface area (Å²) in [6, 6.07) is 8.37. The highest BCUT2D eigenvalue weighted by atomic mass is 32.2. The van der Waals surface area contributed by atoms with Gasteiger partial charge >= 0.3 is 0 Å². The number of aliphatic hydroxyl groups excluding tert-OH is 2.